The van der Waals surface area contributed by atoms with Gasteiger partial charge in [-0.3, -0.25) is 14.9 Å². The molecule has 1 saturated heterocycles. The molecule has 4 rings (SSSR count). The molecule has 0 saturated carbocycles. The van der Waals surface area contributed by atoms with E-state index in [2.05, 4.69) is 24.5 Å². The Morgan fingerprint density at radius 3 is 2.57 bits per heavy atom. The summed E-state index contributed by atoms with van der Waals surface area (Å²) >= 11 is 12.4. The van der Waals surface area contributed by atoms with Gasteiger partial charge in [0.05, 0.1) is 0 Å². The number of carbonyl (C=O) groups is 2. The minimum Gasteiger partial charge on any atom is -0.480 e. The van der Waals surface area contributed by atoms with Crippen LogP contribution in [0.2, 0.25) is 10.0 Å². The normalized spacial score (nSPS) is 27.5. The van der Waals surface area contributed by atoms with Gasteiger partial charge in [-0.1, -0.05) is 55.2 Å². The van der Waals surface area contributed by atoms with E-state index in [-0.39, 0.29) is 11.9 Å². The van der Waals surface area contributed by atoms with E-state index in [0.717, 1.165) is 17.5 Å². The predicted octanol–water partition coefficient (Wildman–Crippen LogP) is 4.83. The molecule has 0 aromatic heterocycles. The second-order valence-corrected chi connectivity index (χ2v) is 9.42. The average molecular weight is 447 g/mol. The van der Waals surface area contributed by atoms with Crippen LogP contribution in [-0.4, -0.2) is 29.1 Å². The number of hydrogen-bond donors (Lipinski definition) is 3. The summed E-state index contributed by atoms with van der Waals surface area (Å²) in [5, 5.41) is 17.4. The van der Waals surface area contributed by atoms with Crippen molar-refractivity contribution in [2.45, 2.75) is 50.1 Å². The maximum atomic E-state index is 13.6. The van der Waals surface area contributed by atoms with Crippen LogP contribution in [0.15, 0.2) is 42.5 Å². The summed E-state index contributed by atoms with van der Waals surface area (Å²) in [4.78, 5) is 26.0. The average Bonchev–Trinajstić information content (AvgIpc) is 3.16. The van der Waals surface area contributed by atoms with Gasteiger partial charge in [-0.2, -0.15) is 0 Å². The number of carboxylic acids is 1. The Labute approximate surface area is 185 Å². The fraction of sp³-hybridized carbons (Fsp3) is 0.391. The fourth-order valence-corrected chi connectivity index (χ4v) is 5.46. The number of aliphatic carboxylic acids is 1. The molecule has 1 spiro atoms. The largest absolute Gasteiger partial charge is 0.480 e. The van der Waals surface area contributed by atoms with Gasteiger partial charge >= 0.3 is 5.97 Å². The molecule has 4 atom stereocenters. The first-order valence-electron chi connectivity index (χ1n) is 10.1. The van der Waals surface area contributed by atoms with Crippen LogP contribution in [0.25, 0.3) is 0 Å². The lowest BCUT2D eigenvalue weighted by atomic mass is 9.64. The molecule has 0 bridgehead atoms. The van der Waals surface area contributed by atoms with Gasteiger partial charge in [-0.05, 0) is 54.2 Å². The highest BCUT2D eigenvalue weighted by Crippen LogP contribution is 2.56. The topological polar surface area (TPSA) is 78.4 Å². The standard InChI is InChI=1S/C23H24Cl2N2O3/c1-12(2)6-9-18-23(16-8-7-15(25)11-17(16)26-22(23)30)19(20(27-18)21(28)29)13-4-3-5-14(24)10-13/h3-5,7-8,10-12,18-20,27H,6,9H2,1-2H3,(H,26,30)(H,28,29). The highest BCUT2D eigenvalue weighted by molar-refractivity contribution is 6.31. The number of anilines is 1. The molecule has 3 N–H and O–H groups in total. The lowest BCUT2D eigenvalue weighted by Gasteiger charge is -2.35. The minimum atomic E-state index is -1.07. The van der Waals surface area contributed by atoms with Crippen molar-refractivity contribution in [1.82, 2.24) is 5.32 Å². The van der Waals surface area contributed by atoms with Crippen LogP contribution in [0.3, 0.4) is 0 Å². The van der Waals surface area contributed by atoms with E-state index in [0.29, 0.717) is 28.1 Å². The first kappa shape index (κ1) is 21.2. The van der Waals surface area contributed by atoms with E-state index < -0.39 is 23.3 Å². The van der Waals surface area contributed by atoms with Crippen molar-refractivity contribution in [3.05, 3.63) is 63.6 Å². The number of carbonyl (C=O) groups excluding carboxylic acids is 1. The van der Waals surface area contributed by atoms with Gasteiger partial charge in [0.15, 0.2) is 0 Å². The summed E-state index contributed by atoms with van der Waals surface area (Å²) in [6.45, 7) is 4.24. The van der Waals surface area contributed by atoms with Gasteiger partial charge in [0, 0.05) is 27.7 Å². The molecule has 0 radical (unpaired) electrons. The molecule has 2 aliphatic rings. The third-order valence-electron chi connectivity index (χ3n) is 6.31. The first-order valence-corrected chi connectivity index (χ1v) is 10.9. The SMILES string of the molecule is CC(C)CCC1NC(C(=O)O)C(c2cccc(Cl)c2)C12C(=O)Nc1cc(Cl)ccc12. The number of rotatable bonds is 5. The number of benzene rings is 2. The van der Waals surface area contributed by atoms with Crippen LogP contribution in [-0.2, 0) is 15.0 Å². The zero-order valence-corrected chi connectivity index (χ0v) is 18.3. The van der Waals surface area contributed by atoms with E-state index in [1.54, 1.807) is 30.3 Å². The Hall–Kier alpha value is -2.08. The summed E-state index contributed by atoms with van der Waals surface area (Å²) in [6.07, 6.45) is 1.54. The van der Waals surface area contributed by atoms with Crippen LogP contribution < -0.4 is 10.6 Å². The van der Waals surface area contributed by atoms with Crippen molar-refractivity contribution in [1.29, 1.82) is 0 Å². The number of nitrogens with one attached hydrogen (secondary N) is 2. The number of halogens is 2. The Morgan fingerprint density at radius 1 is 1.17 bits per heavy atom. The summed E-state index contributed by atoms with van der Waals surface area (Å²) in [5.41, 5.74) is 1.09. The quantitative estimate of drug-likeness (QED) is 0.614. The van der Waals surface area contributed by atoms with E-state index in [4.69, 9.17) is 23.2 Å². The van der Waals surface area contributed by atoms with Crippen molar-refractivity contribution in [2.75, 3.05) is 5.32 Å². The van der Waals surface area contributed by atoms with Crippen LogP contribution in [0.1, 0.15) is 43.7 Å². The van der Waals surface area contributed by atoms with Crippen molar-refractivity contribution >= 4 is 40.8 Å². The van der Waals surface area contributed by atoms with Gasteiger partial charge in [0.25, 0.3) is 0 Å². The molecule has 7 heteroatoms. The zero-order chi connectivity index (χ0) is 21.6. The third-order valence-corrected chi connectivity index (χ3v) is 6.78. The molecule has 158 valence electrons. The van der Waals surface area contributed by atoms with Crippen LogP contribution in [0.5, 0.6) is 0 Å². The Balaban J connectivity index is 1.95. The lowest BCUT2D eigenvalue weighted by molar-refractivity contribution is -0.139. The molecule has 4 unspecified atom stereocenters. The second kappa shape index (κ2) is 7.88. The lowest BCUT2D eigenvalue weighted by Crippen LogP contribution is -2.48. The highest BCUT2D eigenvalue weighted by Gasteiger charge is 2.65. The number of fused-ring (bicyclic) bond motifs is 2. The molecule has 1 fully saturated rings. The van der Waals surface area contributed by atoms with Crippen molar-refractivity contribution in [3.8, 4) is 0 Å². The number of carboxylic acid groups (broad SMARTS) is 1. The van der Waals surface area contributed by atoms with Crippen molar-refractivity contribution in [2.24, 2.45) is 5.92 Å². The molecular formula is C23H24Cl2N2O3. The minimum absolute atomic E-state index is 0.199. The van der Waals surface area contributed by atoms with Gasteiger partial charge < -0.3 is 10.4 Å². The van der Waals surface area contributed by atoms with Gasteiger partial charge in [-0.15, -0.1) is 0 Å². The monoisotopic (exact) mass is 446 g/mol. The van der Waals surface area contributed by atoms with E-state index in [1.807, 2.05) is 12.1 Å². The molecule has 1 amide bonds. The summed E-state index contributed by atoms with van der Waals surface area (Å²) in [6, 6.07) is 11.2. The van der Waals surface area contributed by atoms with Crippen LogP contribution in [0.4, 0.5) is 5.69 Å². The van der Waals surface area contributed by atoms with Crippen LogP contribution >= 0.6 is 23.2 Å². The molecule has 30 heavy (non-hydrogen) atoms. The molecular weight excluding hydrogens is 423 g/mol. The zero-order valence-electron chi connectivity index (χ0n) is 16.8. The Morgan fingerprint density at radius 2 is 1.90 bits per heavy atom. The maximum absolute atomic E-state index is 13.6. The van der Waals surface area contributed by atoms with Crippen LogP contribution in [0, 0.1) is 5.92 Å². The molecule has 2 heterocycles. The summed E-state index contributed by atoms with van der Waals surface area (Å²) < 4.78 is 0. The molecule has 0 aliphatic carbocycles. The van der Waals surface area contributed by atoms with Gasteiger partial charge in [-0.25, -0.2) is 0 Å². The third kappa shape index (κ3) is 3.29. The molecule has 2 aromatic carbocycles. The Bertz CT molecular complexity index is 1010. The van der Waals surface area contributed by atoms with E-state index in [1.165, 1.54) is 0 Å². The maximum Gasteiger partial charge on any atom is 0.321 e. The fourth-order valence-electron chi connectivity index (χ4n) is 5.09. The summed E-state index contributed by atoms with van der Waals surface area (Å²) in [5.74, 6) is -1.38. The van der Waals surface area contributed by atoms with Gasteiger partial charge in [0.2, 0.25) is 5.91 Å². The van der Waals surface area contributed by atoms with E-state index >= 15 is 0 Å². The molecule has 2 aliphatic heterocycles. The Kier molecular flexibility index (Phi) is 5.56. The van der Waals surface area contributed by atoms with Crippen molar-refractivity contribution < 1.29 is 14.7 Å². The predicted molar refractivity (Wildman–Crippen MR) is 118 cm³/mol. The smallest absolute Gasteiger partial charge is 0.321 e. The van der Waals surface area contributed by atoms with E-state index in [9.17, 15) is 14.7 Å². The highest BCUT2D eigenvalue weighted by atomic mass is 35.5. The second-order valence-electron chi connectivity index (χ2n) is 8.55. The number of hydrogen-bond acceptors (Lipinski definition) is 3. The first-order chi connectivity index (χ1) is 14.2. The van der Waals surface area contributed by atoms with Gasteiger partial charge in [0.1, 0.15) is 11.5 Å². The summed E-state index contributed by atoms with van der Waals surface area (Å²) in [7, 11) is 0. The van der Waals surface area contributed by atoms with Crippen molar-refractivity contribution in [3.63, 3.8) is 0 Å². The number of amides is 1. The molecule has 5 nitrogen and oxygen atoms in total. The molecule has 2 aromatic rings.